The number of carbonyl (C=O) groups is 1. The zero-order valence-corrected chi connectivity index (χ0v) is 11.9. The molecule has 0 saturated heterocycles. The summed E-state index contributed by atoms with van der Waals surface area (Å²) in [5.74, 6) is 0.128. The van der Waals surface area contributed by atoms with Gasteiger partial charge in [0.2, 0.25) is 0 Å². The minimum Gasteiger partial charge on any atom is -0.295 e. The highest BCUT2D eigenvalue weighted by Crippen LogP contribution is 2.25. The van der Waals surface area contributed by atoms with Gasteiger partial charge >= 0.3 is 0 Å². The zero-order chi connectivity index (χ0) is 13.9. The van der Waals surface area contributed by atoms with Crippen LogP contribution in [0.4, 0.5) is 0 Å². The van der Waals surface area contributed by atoms with E-state index in [0.29, 0.717) is 0 Å². The number of benzene rings is 1. The SMILES string of the molecule is CC(Sc1ncc2ccccn12)C(=O)c1ccccc1. The van der Waals surface area contributed by atoms with E-state index in [-0.39, 0.29) is 11.0 Å². The van der Waals surface area contributed by atoms with Gasteiger partial charge < -0.3 is 0 Å². The number of aromatic nitrogens is 2. The Morgan fingerprint density at radius 2 is 1.90 bits per heavy atom. The molecule has 1 aromatic carbocycles. The Bertz CT molecular complexity index is 736. The maximum Gasteiger partial charge on any atom is 0.175 e. The number of ketones is 1. The van der Waals surface area contributed by atoms with Gasteiger partial charge in [-0.05, 0) is 19.1 Å². The number of fused-ring (bicyclic) bond motifs is 1. The van der Waals surface area contributed by atoms with E-state index in [4.69, 9.17) is 0 Å². The molecule has 0 spiro atoms. The van der Waals surface area contributed by atoms with Gasteiger partial charge in [-0.3, -0.25) is 9.20 Å². The number of thioether (sulfide) groups is 1. The van der Waals surface area contributed by atoms with Crippen LogP contribution >= 0.6 is 11.8 Å². The fourth-order valence-electron chi connectivity index (χ4n) is 2.06. The smallest absolute Gasteiger partial charge is 0.175 e. The van der Waals surface area contributed by atoms with E-state index in [1.165, 1.54) is 11.8 Å². The molecule has 100 valence electrons. The first-order chi connectivity index (χ1) is 9.75. The Balaban J connectivity index is 1.82. The molecule has 4 heteroatoms. The molecular weight excluding hydrogens is 268 g/mol. The minimum atomic E-state index is -0.164. The normalized spacial score (nSPS) is 12.4. The van der Waals surface area contributed by atoms with Crippen molar-refractivity contribution in [2.24, 2.45) is 0 Å². The van der Waals surface area contributed by atoms with Crippen LogP contribution < -0.4 is 0 Å². The molecule has 0 N–H and O–H groups in total. The highest BCUT2D eigenvalue weighted by Gasteiger charge is 2.18. The van der Waals surface area contributed by atoms with Crippen LogP contribution in [0.25, 0.3) is 5.52 Å². The van der Waals surface area contributed by atoms with Gasteiger partial charge in [0.15, 0.2) is 10.9 Å². The molecule has 0 aliphatic rings. The fourth-order valence-corrected chi connectivity index (χ4v) is 3.01. The van der Waals surface area contributed by atoms with Gasteiger partial charge in [-0.1, -0.05) is 48.2 Å². The number of imidazole rings is 1. The van der Waals surface area contributed by atoms with Crippen molar-refractivity contribution in [3.05, 3.63) is 66.5 Å². The number of hydrogen-bond donors (Lipinski definition) is 0. The lowest BCUT2D eigenvalue weighted by atomic mass is 10.1. The standard InChI is InChI=1S/C16H14N2OS/c1-12(15(19)13-7-3-2-4-8-13)20-16-17-11-14-9-5-6-10-18(14)16/h2-12H,1H3. The molecular formula is C16H14N2OS. The van der Waals surface area contributed by atoms with E-state index in [9.17, 15) is 4.79 Å². The Labute approximate surface area is 121 Å². The maximum absolute atomic E-state index is 12.3. The Morgan fingerprint density at radius 1 is 1.15 bits per heavy atom. The van der Waals surface area contributed by atoms with Crippen molar-refractivity contribution in [2.75, 3.05) is 0 Å². The molecule has 0 radical (unpaired) electrons. The second kappa shape index (κ2) is 5.51. The number of rotatable bonds is 4. The lowest BCUT2D eigenvalue weighted by Crippen LogP contribution is -2.13. The van der Waals surface area contributed by atoms with E-state index in [1.54, 1.807) is 0 Å². The molecule has 3 nitrogen and oxygen atoms in total. The molecule has 2 heterocycles. The van der Waals surface area contributed by atoms with Crippen LogP contribution in [0.15, 0.2) is 66.1 Å². The van der Waals surface area contributed by atoms with Gasteiger partial charge in [0.25, 0.3) is 0 Å². The number of carbonyl (C=O) groups excluding carboxylic acids is 1. The van der Waals surface area contributed by atoms with Crippen molar-refractivity contribution < 1.29 is 4.79 Å². The molecule has 3 rings (SSSR count). The minimum absolute atomic E-state index is 0.128. The van der Waals surface area contributed by atoms with Gasteiger partial charge in [-0.25, -0.2) is 4.98 Å². The third-order valence-electron chi connectivity index (χ3n) is 3.11. The number of hydrogen-bond acceptors (Lipinski definition) is 3. The summed E-state index contributed by atoms with van der Waals surface area (Å²) in [5.41, 5.74) is 1.78. The van der Waals surface area contributed by atoms with Crippen LogP contribution in [0.5, 0.6) is 0 Å². The molecule has 0 fully saturated rings. The quantitative estimate of drug-likeness (QED) is 0.540. The van der Waals surface area contributed by atoms with Crippen molar-refractivity contribution in [2.45, 2.75) is 17.3 Å². The summed E-state index contributed by atoms with van der Waals surface area (Å²) < 4.78 is 2.00. The van der Waals surface area contributed by atoms with Crippen LogP contribution in [0.2, 0.25) is 0 Å². The number of nitrogens with zero attached hydrogens (tertiary/aromatic N) is 2. The summed E-state index contributed by atoms with van der Waals surface area (Å²) in [7, 11) is 0. The summed E-state index contributed by atoms with van der Waals surface area (Å²) in [4.78, 5) is 16.7. The number of pyridine rings is 1. The summed E-state index contributed by atoms with van der Waals surface area (Å²) >= 11 is 1.48. The third-order valence-corrected chi connectivity index (χ3v) is 4.20. The first-order valence-corrected chi connectivity index (χ1v) is 7.31. The Morgan fingerprint density at radius 3 is 2.70 bits per heavy atom. The highest BCUT2D eigenvalue weighted by molar-refractivity contribution is 8.00. The van der Waals surface area contributed by atoms with Crippen LogP contribution in [0.1, 0.15) is 17.3 Å². The monoisotopic (exact) mass is 282 g/mol. The van der Waals surface area contributed by atoms with E-state index in [2.05, 4.69) is 4.98 Å². The van der Waals surface area contributed by atoms with Crippen molar-refractivity contribution in [1.82, 2.24) is 9.38 Å². The average molecular weight is 282 g/mol. The molecule has 0 bridgehead atoms. The number of Topliss-reactive ketones (excluding diaryl/α,β-unsaturated/α-hetero) is 1. The predicted octanol–water partition coefficient (Wildman–Crippen LogP) is 3.70. The first kappa shape index (κ1) is 12.9. The molecule has 1 unspecified atom stereocenters. The second-order valence-corrected chi connectivity index (χ2v) is 5.83. The molecule has 1 atom stereocenters. The van der Waals surface area contributed by atoms with Gasteiger partial charge in [-0.15, -0.1) is 0 Å². The largest absolute Gasteiger partial charge is 0.295 e. The summed E-state index contributed by atoms with van der Waals surface area (Å²) in [6.45, 7) is 1.92. The second-order valence-electron chi connectivity index (χ2n) is 4.53. The van der Waals surface area contributed by atoms with E-state index in [1.807, 2.05) is 72.2 Å². The molecule has 0 saturated carbocycles. The van der Waals surface area contributed by atoms with Crippen LogP contribution in [-0.4, -0.2) is 20.4 Å². The van der Waals surface area contributed by atoms with Gasteiger partial charge in [0, 0.05) is 11.8 Å². The van der Waals surface area contributed by atoms with Crippen molar-refractivity contribution >= 4 is 23.1 Å². The molecule has 0 amide bonds. The fraction of sp³-hybridized carbons (Fsp3) is 0.125. The van der Waals surface area contributed by atoms with E-state index in [0.717, 1.165) is 16.2 Å². The predicted molar refractivity (Wildman–Crippen MR) is 81.3 cm³/mol. The van der Waals surface area contributed by atoms with Gasteiger partial charge in [-0.2, -0.15) is 0 Å². The van der Waals surface area contributed by atoms with E-state index < -0.39 is 0 Å². The summed E-state index contributed by atoms with van der Waals surface area (Å²) in [6.07, 6.45) is 3.78. The third kappa shape index (κ3) is 2.47. The van der Waals surface area contributed by atoms with Gasteiger partial charge in [0.1, 0.15) is 0 Å². The summed E-state index contributed by atoms with van der Waals surface area (Å²) in [6, 6.07) is 15.3. The lowest BCUT2D eigenvalue weighted by Gasteiger charge is -2.09. The molecule has 3 aromatic rings. The van der Waals surface area contributed by atoms with Gasteiger partial charge in [0.05, 0.1) is 17.0 Å². The van der Waals surface area contributed by atoms with Crippen molar-refractivity contribution in [3.8, 4) is 0 Å². The molecule has 0 aliphatic heterocycles. The molecule has 2 aromatic heterocycles. The van der Waals surface area contributed by atoms with Crippen molar-refractivity contribution in [1.29, 1.82) is 0 Å². The topological polar surface area (TPSA) is 34.4 Å². The van der Waals surface area contributed by atoms with Crippen LogP contribution in [0.3, 0.4) is 0 Å². The Kier molecular flexibility index (Phi) is 3.56. The molecule has 20 heavy (non-hydrogen) atoms. The first-order valence-electron chi connectivity index (χ1n) is 6.44. The zero-order valence-electron chi connectivity index (χ0n) is 11.1. The summed E-state index contributed by atoms with van der Waals surface area (Å²) in [5, 5.41) is 0.681. The highest BCUT2D eigenvalue weighted by atomic mass is 32.2. The van der Waals surface area contributed by atoms with Crippen LogP contribution in [-0.2, 0) is 0 Å². The molecule has 0 aliphatic carbocycles. The van der Waals surface area contributed by atoms with E-state index >= 15 is 0 Å². The average Bonchev–Trinajstić information content (AvgIpc) is 2.91. The van der Waals surface area contributed by atoms with Crippen LogP contribution in [0, 0.1) is 0 Å². The lowest BCUT2D eigenvalue weighted by molar-refractivity contribution is 0.0994. The maximum atomic E-state index is 12.3. The Hall–Kier alpha value is -2.07. The van der Waals surface area contributed by atoms with Crippen molar-refractivity contribution in [3.63, 3.8) is 0 Å².